The molecule has 1 fully saturated rings. The molecule has 2 aromatic carbocycles. The minimum Gasteiger partial charge on any atom is -0.494 e. The molecule has 2 aliphatic rings. The molecule has 4 rings (SSSR count). The summed E-state index contributed by atoms with van der Waals surface area (Å²) in [4.78, 5) is 9.04. The van der Waals surface area contributed by atoms with Gasteiger partial charge in [-0.05, 0) is 35.4 Å². The number of nitrogens with one attached hydrogen (secondary N) is 1. The first-order valence-corrected chi connectivity index (χ1v) is 10.0. The summed E-state index contributed by atoms with van der Waals surface area (Å²) in [5.41, 5.74) is 2.06. The van der Waals surface area contributed by atoms with Crippen LogP contribution in [0.4, 0.5) is 4.39 Å². The maximum Gasteiger partial charge on any atom is 0.231 e. The molecule has 0 aromatic heterocycles. The van der Waals surface area contributed by atoms with Crippen LogP contribution in [0.1, 0.15) is 11.1 Å². The van der Waals surface area contributed by atoms with Crippen molar-refractivity contribution >= 4 is 29.9 Å². The van der Waals surface area contributed by atoms with Crippen molar-refractivity contribution in [2.24, 2.45) is 4.99 Å². The Bertz CT molecular complexity index is 920. The zero-order valence-electron chi connectivity index (χ0n) is 17.8. The van der Waals surface area contributed by atoms with E-state index in [1.165, 1.54) is 18.7 Å². The van der Waals surface area contributed by atoms with E-state index in [2.05, 4.69) is 32.2 Å². The van der Waals surface area contributed by atoms with Gasteiger partial charge in [0, 0.05) is 46.3 Å². The molecular weight excluding hydrogens is 514 g/mol. The molecule has 0 aliphatic carbocycles. The molecule has 0 bridgehead atoms. The second-order valence-corrected chi connectivity index (χ2v) is 7.32. The van der Waals surface area contributed by atoms with Crippen LogP contribution in [0, 0.1) is 5.82 Å². The van der Waals surface area contributed by atoms with E-state index < -0.39 is 0 Å². The number of rotatable bonds is 5. The van der Waals surface area contributed by atoms with Gasteiger partial charge in [0.1, 0.15) is 0 Å². The summed E-state index contributed by atoms with van der Waals surface area (Å²) in [6.45, 7) is 5.31. The lowest BCUT2D eigenvalue weighted by Gasteiger charge is -2.36. The normalized spacial score (nSPS) is 16.1. The Balaban J connectivity index is 0.00000272. The highest BCUT2D eigenvalue weighted by molar-refractivity contribution is 14.0. The maximum absolute atomic E-state index is 13.9. The van der Waals surface area contributed by atoms with Gasteiger partial charge in [0.15, 0.2) is 29.0 Å². The first kappa shape index (κ1) is 23.4. The van der Waals surface area contributed by atoms with Crippen LogP contribution in [-0.2, 0) is 13.1 Å². The topological polar surface area (TPSA) is 58.6 Å². The van der Waals surface area contributed by atoms with Crippen LogP contribution in [0.5, 0.6) is 17.2 Å². The fourth-order valence-corrected chi connectivity index (χ4v) is 3.75. The molecule has 0 unspecified atom stereocenters. The Morgan fingerprint density at radius 3 is 2.52 bits per heavy atom. The van der Waals surface area contributed by atoms with Crippen molar-refractivity contribution in [1.29, 1.82) is 0 Å². The highest BCUT2D eigenvalue weighted by Crippen LogP contribution is 2.32. The molecule has 1 saturated heterocycles. The minimum absolute atomic E-state index is 0. The van der Waals surface area contributed by atoms with E-state index in [4.69, 9.17) is 14.2 Å². The monoisotopic (exact) mass is 542 g/mol. The average Bonchev–Trinajstić information content (AvgIpc) is 3.23. The van der Waals surface area contributed by atoms with E-state index in [9.17, 15) is 4.39 Å². The van der Waals surface area contributed by atoms with Gasteiger partial charge >= 0.3 is 0 Å². The van der Waals surface area contributed by atoms with E-state index in [1.54, 1.807) is 13.1 Å². The lowest BCUT2D eigenvalue weighted by molar-refractivity contribution is 0.171. The number of fused-ring (bicyclic) bond motifs is 1. The highest BCUT2D eigenvalue weighted by atomic mass is 127. The molecule has 168 valence electrons. The molecule has 0 atom stereocenters. The van der Waals surface area contributed by atoms with Gasteiger partial charge in [0.05, 0.1) is 7.11 Å². The van der Waals surface area contributed by atoms with Gasteiger partial charge in [0.25, 0.3) is 0 Å². The Labute approximate surface area is 199 Å². The number of methoxy groups -OCH3 is 1. The second-order valence-electron chi connectivity index (χ2n) is 7.32. The van der Waals surface area contributed by atoms with E-state index in [1.807, 2.05) is 12.1 Å². The van der Waals surface area contributed by atoms with Crippen molar-refractivity contribution in [3.05, 3.63) is 53.3 Å². The molecule has 9 heteroatoms. The summed E-state index contributed by atoms with van der Waals surface area (Å²) < 4.78 is 29.7. The number of halogens is 2. The van der Waals surface area contributed by atoms with Gasteiger partial charge in [0.2, 0.25) is 6.79 Å². The predicted molar refractivity (Wildman–Crippen MR) is 128 cm³/mol. The Morgan fingerprint density at radius 2 is 1.81 bits per heavy atom. The third-order valence-corrected chi connectivity index (χ3v) is 5.39. The number of benzene rings is 2. The van der Waals surface area contributed by atoms with Crippen molar-refractivity contribution in [2.45, 2.75) is 13.1 Å². The molecule has 2 aromatic rings. The Morgan fingerprint density at radius 1 is 1.06 bits per heavy atom. The van der Waals surface area contributed by atoms with Gasteiger partial charge in [-0.15, -0.1) is 24.0 Å². The number of guanidine groups is 1. The first-order chi connectivity index (χ1) is 14.7. The molecule has 7 nitrogen and oxygen atoms in total. The highest BCUT2D eigenvalue weighted by Gasteiger charge is 2.21. The van der Waals surface area contributed by atoms with Crippen LogP contribution in [0.3, 0.4) is 0 Å². The van der Waals surface area contributed by atoms with Crippen LogP contribution < -0.4 is 19.5 Å². The number of piperazine rings is 1. The van der Waals surface area contributed by atoms with Crippen LogP contribution in [0.25, 0.3) is 0 Å². The number of nitrogens with zero attached hydrogens (tertiary/aromatic N) is 3. The third-order valence-electron chi connectivity index (χ3n) is 5.39. The van der Waals surface area contributed by atoms with E-state index in [-0.39, 0.29) is 35.5 Å². The van der Waals surface area contributed by atoms with Gasteiger partial charge in [-0.1, -0.05) is 12.1 Å². The molecule has 1 N–H and O–H groups in total. The van der Waals surface area contributed by atoms with Crippen molar-refractivity contribution in [3.8, 4) is 17.2 Å². The summed E-state index contributed by atoms with van der Waals surface area (Å²) in [6, 6.07) is 11.1. The summed E-state index contributed by atoms with van der Waals surface area (Å²) in [5.74, 6) is 2.36. The molecule has 2 aliphatic heterocycles. The lowest BCUT2D eigenvalue weighted by Crippen LogP contribution is -2.52. The Hall–Kier alpha value is -2.27. The van der Waals surface area contributed by atoms with Gasteiger partial charge in [-0.3, -0.25) is 9.89 Å². The maximum atomic E-state index is 13.9. The van der Waals surface area contributed by atoms with Crippen molar-refractivity contribution in [3.63, 3.8) is 0 Å². The summed E-state index contributed by atoms with van der Waals surface area (Å²) >= 11 is 0. The van der Waals surface area contributed by atoms with E-state index in [0.717, 1.165) is 55.7 Å². The summed E-state index contributed by atoms with van der Waals surface area (Å²) in [7, 11) is 3.24. The molecule has 0 amide bonds. The van der Waals surface area contributed by atoms with Crippen LogP contribution >= 0.6 is 24.0 Å². The molecule has 0 saturated carbocycles. The van der Waals surface area contributed by atoms with Gasteiger partial charge < -0.3 is 24.4 Å². The number of aliphatic imine (C=N–C) groups is 1. The summed E-state index contributed by atoms with van der Waals surface area (Å²) in [6.07, 6.45) is 0. The van der Waals surface area contributed by atoms with E-state index >= 15 is 0 Å². The molecule has 2 heterocycles. The minimum atomic E-state index is -0.357. The van der Waals surface area contributed by atoms with Crippen molar-refractivity contribution < 1.29 is 18.6 Å². The first-order valence-electron chi connectivity index (χ1n) is 10.0. The summed E-state index contributed by atoms with van der Waals surface area (Å²) in [5, 5.41) is 3.33. The smallest absolute Gasteiger partial charge is 0.231 e. The standard InChI is InChI=1S/C22H27FN4O3.HI/c1-24-22(25-13-16-3-5-19(28-2)18(23)11-16)27-9-7-26(8-10-27)14-17-4-6-20-21(12-17)30-15-29-20;/h3-6,11-12H,7-10,13-15H2,1-2H3,(H,24,25);1H. The quantitative estimate of drug-likeness (QED) is 0.356. The fraction of sp³-hybridized carbons (Fsp3) is 0.409. The van der Waals surface area contributed by atoms with Gasteiger partial charge in [-0.25, -0.2) is 4.39 Å². The van der Waals surface area contributed by atoms with Crippen LogP contribution in [0.15, 0.2) is 41.4 Å². The lowest BCUT2D eigenvalue weighted by atomic mass is 10.1. The van der Waals surface area contributed by atoms with Crippen molar-refractivity contribution in [2.75, 3.05) is 47.1 Å². The van der Waals surface area contributed by atoms with Crippen LogP contribution in [-0.4, -0.2) is 62.9 Å². The van der Waals surface area contributed by atoms with Crippen LogP contribution in [0.2, 0.25) is 0 Å². The molecular formula is C22H28FIN4O3. The number of hydrogen-bond donors (Lipinski definition) is 1. The zero-order chi connectivity index (χ0) is 20.9. The second kappa shape index (κ2) is 10.9. The van der Waals surface area contributed by atoms with Crippen molar-refractivity contribution in [1.82, 2.24) is 15.1 Å². The molecule has 31 heavy (non-hydrogen) atoms. The number of hydrogen-bond acceptors (Lipinski definition) is 5. The third kappa shape index (κ3) is 5.70. The molecule has 0 radical (unpaired) electrons. The molecule has 0 spiro atoms. The number of ether oxygens (including phenoxy) is 3. The SMILES string of the molecule is CN=C(NCc1ccc(OC)c(F)c1)N1CCN(Cc2ccc3c(c2)OCO3)CC1.I. The Kier molecular flexibility index (Phi) is 8.19. The average molecular weight is 542 g/mol. The predicted octanol–water partition coefficient (Wildman–Crippen LogP) is 3.07. The van der Waals surface area contributed by atoms with Gasteiger partial charge in [-0.2, -0.15) is 0 Å². The fourth-order valence-electron chi connectivity index (χ4n) is 3.75. The zero-order valence-corrected chi connectivity index (χ0v) is 20.1. The van der Waals surface area contributed by atoms with E-state index in [0.29, 0.717) is 13.3 Å². The largest absolute Gasteiger partial charge is 0.494 e.